The Balaban J connectivity index is 1.81. The van der Waals surface area contributed by atoms with E-state index in [0.717, 1.165) is 12.8 Å². The Morgan fingerprint density at radius 1 is 1.33 bits per heavy atom. The first-order chi connectivity index (χ1) is 14.3. The lowest BCUT2D eigenvalue weighted by Crippen LogP contribution is -2.34. The summed E-state index contributed by atoms with van der Waals surface area (Å²) in [6, 6.07) is 5.27. The summed E-state index contributed by atoms with van der Waals surface area (Å²) in [5.74, 6) is 1.21. The summed E-state index contributed by atoms with van der Waals surface area (Å²) in [7, 11) is 1.53. The molecule has 2 aromatic heterocycles. The predicted molar refractivity (Wildman–Crippen MR) is 117 cm³/mol. The zero-order valence-corrected chi connectivity index (χ0v) is 18.2. The first-order valence-electron chi connectivity index (χ1n) is 10.1. The summed E-state index contributed by atoms with van der Waals surface area (Å²) >= 11 is 6.10. The normalized spacial score (nSPS) is 14.9. The third-order valence-electron chi connectivity index (χ3n) is 5.61. The van der Waals surface area contributed by atoms with E-state index < -0.39 is 0 Å². The minimum absolute atomic E-state index is 0.0173. The van der Waals surface area contributed by atoms with Gasteiger partial charge in [-0.3, -0.25) is 9.59 Å². The van der Waals surface area contributed by atoms with Gasteiger partial charge in [0.05, 0.1) is 17.7 Å². The van der Waals surface area contributed by atoms with Crippen molar-refractivity contribution in [3.8, 4) is 17.1 Å². The third-order valence-corrected chi connectivity index (χ3v) is 5.93. The molecule has 0 spiro atoms. The SMILES string of the molecule is COc1cc(-c2nn3cc(C(=O)N[C@@H](C)C4CC4)c(C(C)C)c3c(=O)[nH]2)ccc1Cl. The number of benzene rings is 1. The Morgan fingerprint density at radius 3 is 2.70 bits per heavy atom. The molecule has 1 aromatic carbocycles. The third kappa shape index (κ3) is 3.69. The minimum Gasteiger partial charge on any atom is -0.495 e. The number of halogens is 1. The summed E-state index contributed by atoms with van der Waals surface area (Å²) in [5, 5.41) is 8.11. The van der Waals surface area contributed by atoms with Crippen LogP contribution in [0.4, 0.5) is 0 Å². The van der Waals surface area contributed by atoms with Crippen molar-refractivity contribution in [3.05, 3.63) is 50.9 Å². The number of aromatic nitrogens is 3. The van der Waals surface area contributed by atoms with E-state index in [-0.39, 0.29) is 23.4 Å². The summed E-state index contributed by atoms with van der Waals surface area (Å²) in [4.78, 5) is 28.8. The molecule has 4 rings (SSSR count). The maximum Gasteiger partial charge on any atom is 0.275 e. The van der Waals surface area contributed by atoms with Gasteiger partial charge in [-0.05, 0) is 49.8 Å². The van der Waals surface area contributed by atoms with Crippen molar-refractivity contribution in [1.82, 2.24) is 19.9 Å². The van der Waals surface area contributed by atoms with Crippen molar-refractivity contribution in [1.29, 1.82) is 0 Å². The van der Waals surface area contributed by atoms with Crippen LogP contribution in [0.15, 0.2) is 29.2 Å². The molecule has 158 valence electrons. The minimum atomic E-state index is -0.299. The molecule has 8 heteroatoms. The average Bonchev–Trinajstić information content (AvgIpc) is 3.48. The van der Waals surface area contributed by atoms with E-state index in [1.54, 1.807) is 24.4 Å². The van der Waals surface area contributed by atoms with Crippen molar-refractivity contribution in [2.45, 2.75) is 45.6 Å². The second-order valence-electron chi connectivity index (χ2n) is 8.16. The number of nitrogens with zero attached hydrogens (tertiary/aromatic N) is 2. The van der Waals surface area contributed by atoms with Gasteiger partial charge in [-0.1, -0.05) is 25.4 Å². The van der Waals surface area contributed by atoms with E-state index in [1.165, 1.54) is 11.6 Å². The maximum absolute atomic E-state index is 13.0. The standard InChI is InChI=1S/C22H25ClN4O3/c1-11(2)18-15(21(28)24-12(3)13-5-6-13)10-27-19(18)22(29)25-20(26-27)14-7-8-16(23)17(9-14)30-4/h7-13H,5-6H2,1-4H3,(H,24,28)(H,25,26,29)/t12-/m0/s1. The Labute approximate surface area is 179 Å². The molecule has 2 heterocycles. The number of methoxy groups -OCH3 is 1. The highest BCUT2D eigenvalue weighted by Gasteiger charge is 2.30. The Bertz CT molecular complexity index is 1180. The number of aromatic amines is 1. The van der Waals surface area contributed by atoms with Gasteiger partial charge in [-0.2, -0.15) is 0 Å². The fraction of sp³-hybridized carbons (Fsp3) is 0.409. The highest BCUT2D eigenvalue weighted by Crippen LogP contribution is 2.33. The monoisotopic (exact) mass is 428 g/mol. The zero-order valence-electron chi connectivity index (χ0n) is 17.5. The van der Waals surface area contributed by atoms with Crippen LogP contribution in [0.5, 0.6) is 5.75 Å². The molecular formula is C22H25ClN4O3. The number of amides is 1. The number of H-pyrrole nitrogens is 1. The van der Waals surface area contributed by atoms with Gasteiger partial charge in [0.15, 0.2) is 5.82 Å². The molecule has 0 unspecified atom stereocenters. The molecule has 1 aliphatic carbocycles. The highest BCUT2D eigenvalue weighted by molar-refractivity contribution is 6.32. The van der Waals surface area contributed by atoms with E-state index in [2.05, 4.69) is 15.4 Å². The highest BCUT2D eigenvalue weighted by atomic mass is 35.5. The summed E-state index contributed by atoms with van der Waals surface area (Å²) in [6.07, 6.45) is 3.93. The summed E-state index contributed by atoms with van der Waals surface area (Å²) < 4.78 is 6.76. The number of rotatable bonds is 6. The van der Waals surface area contributed by atoms with Crippen LogP contribution < -0.4 is 15.6 Å². The smallest absolute Gasteiger partial charge is 0.275 e. The zero-order chi connectivity index (χ0) is 21.6. The largest absolute Gasteiger partial charge is 0.495 e. The van der Waals surface area contributed by atoms with E-state index >= 15 is 0 Å². The lowest BCUT2D eigenvalue weighted by atomic mass is 9.99. The molecule has 3 aromatic rings. The second kappa shape index (κ2) is 7.80. The van der Waals surface area contributed by atoms with Crippen LogP contribution in [0.3, 0.4) is 0 Å². The van der Waals surface area contributed by atoms with Crippen molar-refractivity contribution < 1.29 is 9.53 Å². The lowest BCUT2D eigenvalue weighted by Gasteiger charge is -2.14. The first-order valence-corrected chi connectivity index (χ1v) is 10.5. The molecule has 0 aliphatic heterocycles. The maximum atomic E-state index is 13.0. The van der Waals surface area contributed by atoms with Gasteiger partial charge in [0.1, 0.15) is 11.3 Å². The van der Waals surface area contributed by atoms with Crippen LogP contribution in [0.1, 0.15) is 55.5 Å². The van der Waals surface area contributed by atoms with Crippen LogP contribution in [0.2, 0.25) is 5.02 Å². The van der Waals surface area contributed by atoms with Crippen LogP contribution >= 0.6 is 11.6 Å². The molecule has 2 N–H and O–H groups in total. The average molecular weight is 429 g/mol. The molecular weight excluding hydrogens is 404 g/mol. The van der Waals surface area contributed by atoms with Crippen LogP contribution in [-0.4, -0.2) is 33.7 Å². The molecule has 1 saturated carbocycles. The number of hydrogen-bond donors (Lipinski definition) is 2. The van der Waals surface area contributed by atoms with Crippen molar-refractivity contribution in [2.75, 3.05) is 7.11 Å². The molecule has 7 nitrogen and oxygen atoms in total. The van der Waals surface area contributed by atoms with Gasteiger partial charge in [-0.15, -0.1) is 5.10 Å². The Morgan fingerprint density at radius 2 is 2.07 bits per heavy atom. The topological polar surface area (TPSA) is 88.5 Å². The number of ether oxygens (including phenoxy) is 1. The van der Waals surface area contributed by atoms with Crippen molar-refractivity contribution >= 4 is 23.0 Å². The summed E-state index contributed by atoms with van der Waals surface area (Å²) in [6.45, 7) is 5.96. The van der Waals surface area contributed by atoms with E-state index in [1.807, 2.05) is 20.8 Å². The van der Waals surface area contributed by atoms with Gasteiger partial charge in [-0.25, -0.2) is 4.52 Å². The lowest BCUT2D eigenvalue weighted by molar-refractivity contribution is 0.0934. The van der Waals surface area contributed by atoms with E-state index in [4.69, 9.17) is 16.3 Å². The van der Waals surface area contributed by atoms with Crippen LogP contribution in [0.25, 0.3) is 16.9 Å². The molecule has 1 atom stereocenters. The fourth-order valence-corrected chi connectivity index (χ4v) is 4.01. The summed E-state index contributed by atoms with van der Waals surface area (Å²) in [5.41, 5.74) is 1.93. The number of hydrogen-bond acceptors (Lipinski definition) is 4. The predicted octanol–water partition coefficient (Wildman–Crippen LogP) is 4.00. The Kier molecular flexibility index (Phi) is 5.32. The van der Waals surface area contributed by atoms with Gasteiger partial charge < -0.3 is 15.0 Å². The first kappa shape index (κ1) is 20.5. The number of carbonyl (C=O) groups excluding carboxylic acids is 1. The number of fused-ring (bicyclic) bond motifs is 1. The number of nitrogens with one attached hydrogen (secondary N) is 2. The van der Waals surface area contributed by atoms with E-state index in [0.29, 0.717) is 44.7 Å². The van der Waals surface area contributed by atoms with Gasteiger partial charge >= 0.3 is 0 Å². The quantitative estimate of drug-likeness (QED) is 0.621. The number of carbonyl (C=O) groups is 1. The molecule has 1 aliphatic rings. The van der Waals surface area contributed by atoms with E-state index in [9.17, 15) is 9.59 Å². The van der Waals surface area contributed by atoms with Gasteiger partial charge in [0.2, 0.25) is 0 Å². The molecule has 1 fully saturated rings. The van der Waals surface area contributed by atoms with Crippen molar-refractivity contribution in [2.24, 2.45) is 5.92 Å². The van der Waals surface area contributed by atoms with Crippen LogP contribution in [0, 0.1) is 5.92 Å². The van der Waals surface area contributed by atoms with Crippen LogP contribution in [-0.2, 0) is 0 Å². The molecule has 30 heavy (non-hydrogen) atoms. The molecule has 0 radical (unpaired) electrons. The van der Waals surface area contributed by atoms with Gasteiger partial charge in [0.25, 0.3) is 11.5 Å². The van der Waals surface area contributed by atoms with Crippen molar-refractivity contribution in [3.63, 3.8) is 0 Å². The molecule has 1 amide bonds. The van der Waals surface area contributed by atoms with Gasteiger partial charge in [0, 0.05) is 23.4 Å². The molecule has 0 saturated heterocycles. The second-order valence-corrected chi connectivity index (χ2v) is 8.56. The fourth-order valence-electron chi connectivity index (χ4n) is 3.81. The molecule has 0 bridgehead atoms. The Hall–Kier alpha value is -2.80.